The van der Waals surface area contributed by atoms with Crippen molar-refractivity contribution in [2.24, 2.45) is 5.92 Å². The lowest BCUT2D eigenvalue weighted by Crippen LogP contribution is -3.08. The zero-order valence-electron chi connectivity index (χ0n) is 15.7. The van der Waals surface area contributed by atoms with E-state index in [0.29, 0.717) is 0 Å². The second-order valence-electron chi connectivity index (χ2n) is 8.26. The maximum Gasteiger partial charge on any atom is 0.240 e. The summed E-state index contributed by atoms with van der Waals surface area (Å²) >= 11 is 0. The summed E-state index contributed by atoms with van der Waals surface area (Å²) in [5.74, 6) is 3.20. The number of nitrogens with one attached hydrogen (secondary N) is 2. The molecular weight excluding hydrogens is 310 g/mol. The minimum absolute atomic E-state index is 0.801. The monoisotopic (exact) mass is 341 g/mol. The molecule has 2 N–H and O–H groups in total. The molecule has 1 aromatic rings. The molecule has 0 aromatic carbocycles. The summed E-state index contributed by atoms with van der Waals surface area (Å²) in [6.07, 6.45) is 6.03. The van der Waals surface area contributed by atoms with Gasteiger partial charge in [0, 0.05) is 6.42 Å². The molecule has 2 saturated heterocycles. The van der Waals surface area contributed by atoms with Gasteiger partial charge in [0.15, 0.2) is 0 Å². The van der Waals surface area contributed by atoms with Gasteiger partial charge in [-0.05, 0) is 37.2 Å². The molecule has 5 heteroatoms. The predicted octanol–water partition coefficient (Wildman–Crippen LogP) is 0.780. The summed E-state index contributed by atoms with van der Waals surface area (Å²) in [5.41, 5.74) is 3.64. The van der Waals surface area contributed by atoms with Gasteiger partial charge in [0.25, 0.3) is 0 Å². The van der Waals surface area contributed by atoms with Crippen LogP contribution in [0.15, 0.2) is 0 Å². The number of rotatable bonds is 2. The topological polar surface area (TPSA) is 48.9 Å². The standard InChI is InChI=1S/C20H29N5/c1-15-5-11-25(12-6-15)19-17(13-21)16-7-10-23(2)14-18(16)20(22-19)24-8-3-4-9-24/h15H,3-12,14H2,1-2H3/p+2. The fourth-order valence-electron chi connectivity index (χ4n) is 4.68. The number of likely N-dealkylation sites (N-methyl/N-ethyl adjacent to an activating group) is 1. The van der Waals surface area contributed by atoms with E-state index >= 15 is 0 Å². The van der Waals surface area contributed by atoms with Gasteiger partial charge in [-0.3, -0.25) is 9.80 Å². The fourth-order valence-corrected chi connectivity index (χ4v) is 4.68. The normalized spacial score (nSPS) is 24.3. The van der Waals surface area contributed by atoms with Crippen molar-refractivity contribution in [3.8, 4) is 6.07 Å². The molecule has 2 fully saturated rings. The maximum atomic E-state index is 9.96. The average Bonchev–Trinajstić information content (AvgIpc) is 3.15. The van der Waals surface area contributed by atoms with Crippen LogP contribution in [-0.2, 0) is 13.0 Å². The molecule has 1 aromatic heterocycles. The molecule has 0 aliphatic carbocycles. The van der Waals surface area contributed by atoms with Crippen LogP contribution in [0.25, 0.3) is 0 Å². The molecule has 134 valence electrons. The summed E-state index contributed by atoms with van der Waals surface area (Å²) in [5, 5.41) is 9.96. The number of piperidine rings is 1. The number of aromatic nitrogens is 1. The van der Waals surface area contributed by atoms with Crippen molar-refractivity contribution in [3.63, 3.8) is 0 Å². The third-order valence-corrected chi connectivity index (χ3v) is 6.34. The number of anilines is 2. The first kappa shape index (κ1) is 16.7. The van der Waals surface area contributed by atoms with Gasteiger partial charge in [-0.2, -0.15) is 5.26 Å². The molecular formula is C20H31N5+2. The van der Waals surface area contributed by atoms with Gasteiger partial charge in [-0.25, -0.2) is 4.98 Å². The number of H-pyrrole nitrogens is 1. The van der Waals surface area contributed by atoms with Crippen LogP contribution in [0.1, 0.15) is 49.3 Å². The van der Waals surface area contributed by atoms with E-state index in [-0.39, 0.29) is 0 Å². The largest absolute Gasteiger partial charge is 0.333 e. The van der Waals surface area contributed by atoms with Crippen LogP contribution in [0, 0.1) is 17.2 Å². The Hall–Kier alpha value is -1.80. The number of quaternary nitrogens is 1. The van der Waals surface area contributed by atoms with Crippen molar-refractivity contribution < 1.29 is 9.88 Å². The van der Waals surface area contributed by atoms with Crippen molar-refractivity contribution in [1.29, 1.82) is 5.26 Å². The van der Waals surface area contributed by atoms with Crippen LogP contribution in [0.3, 0.4) is 0 Å². The molecule has 4 heterocycles. The van der Waals surface area contributed by atoms with Gasteiger partial charge in [0.1, 0.15) is 18.2 Å². The predicted molar refractivity (Wildman–Crippen MR) is 98.9 cm³/mol. The lowest BCUT2D eigenvalue weighted by Gasteiger charge is -2.31. The Morgan fingerprint density at radius 3 is 2.40 bits per heavy atom. The van der Waals surface area contributed by atoms with Crippen molar-refractivity contribution in [2.75, 3.05) is 49.6 Å². The molecule has 4 rings (SSSR count). The van der Waals surface area contributed by atoms with E-state index in [1.807, 2.05) is 0 Å². The molecule has 0 spiro atoms. The number of hydrogen-bond donors (Lipinski definition) is 1. The molecule has 0 amide bonds. The summed E-state index contributed by atoms with van der Waals surface area (Å²) in [6.45, 7) is 8.92. The van der Waals surface area contributed by atoms with Crippen LogP contribution in [0.5, 0.6) is 0 Å². The molecule has 3 aliphatic heterocycles. The van der Waals surface area contributed by atoms with E-state index in [1.165, 1.54) is 42.6 Å². The quantitative estimate of drug-likeness (QED) is 0.865. The summed E-state index contributed by atoms with van der Waals surface area (Å²) < 4.78 is 0. The van der Waals surface area contributed by atoms with Crippen molar-refractivity contribution in [2.45, 2.75) is 45.6 Å². The molecule has 0 bridgehead atoms. The smallest absolute Gasteiger partial charge is 0.240 e. The van der Waals surface area contributed by atoms with Crippen LogP contribution in [0.2, 0.25) is 0 Å². The summed E-state index contributed by atoms with van der Waals surface area (Å²) in [6, 6.07) is 2.56. The van der Waals surface area contributed by atoms with E-state index < -0.39 is 0 Å². The molecule has 1 atom stereocenters. The first-order chi connectivity index (χ1) is 12.2. The molecule has 25 heavy (non-hydrogen) atoms. The van der Waals surface area contributed by atoms with Crippen molar-refractivity contribution in [3.05, 3.63) is 16.7 Å². The first-order valence-electron chi connectivity index (χ1n) is 9.99. The highest BCUT2D eigenvalue weighted by atomic mass is 15.3. The number of nitriles is 1. The van der Waals surface area contributed by atoms with E-state index in [2.05, 4.69) is 34.8 Å². The summed E-state index contributed by atoms with van der Waals surface area (Å²) in [7, 11) is 2.27. The highest BCUT2D eigenvalue weighted by molar-refractivity contribution is 5.62. The highest BCUT2D eigenvalue weighted by Gasteiger charge is 2.35. The SMILES string of the molecule is CC1CCN(c2[nH+]c(N3CCCC3)c3c(c2C#N)CC[NH+](C)C3)CC1. The van der Waals surface area contributed by atoms with E-state index in [9.17, 15) is 5.26 Å². The Kier molecular flexibility index (Phi) is 4.56. The van der Waals surface area contributed by atoms with Crippen LogP contribution < -0.4 is 19.7 Å². The van der Waals surface area contributed by atoms with Crippen molar-refractivity contribution in [1.82, 2.24) is 0 Å². The molecule has 0 saturated carbocycles. The minimum atomic E-state index is 0.801. The van der Waals surface area contributed by atoms with Crippen molar-refractivity contribution >= 4 is 11.6 Å². The number of aromatic amines is 1. The maximum absolute atomic E-state index is 9.96. The van der Waals surface area contributed by atoms with Gasteiger partial charge < -0.3 is 4.90 Å². The van der Waals surface area contributed by atoms with Gasteiger partial charge in [0.05, 0.1) is 45.3 Å². The van der Waals surface area contributed by atoms with Crippen LogP contribution >= 0.6 is 0 Å². The first-order valence-corrected chi connectivity index (χ1v) is 9.99. The molecule has 3 aliphatic rings. The van der Waals surface area contributed by atoms with E-state index in [0.717, 1.165) is 63.0 Å². The average molecular weight is 342 g/mol. The van der Waals surface area contributed by atoms with Gasteiger partial charge >= 0.3 is 0 Å². The molecule has 5 nitrogen and oxygen atoms in total. The van der Waals surface area contributed by atoms with Crippen LogP contribution in [0.4, 0.5) is 11.6 Å². The van der Waals surface area contributed by atoms with Gasteiger partial charge in [0.2, 0.25) is 11.6 Å². The Balaban J connectivity index is 1.80. The number of hydrogen-bond acceptors (Lipinski definition) is 3. The lowest BCUT2D eigenvalue weighted by atomic mass is 9.94. The number of nitrogens with zero attached hydrogens (tertiary/aromatic N) is 3. The zero-order chi connectivity index (χ0) is 17.4. The fraction of sp³-hybridized carbons (Fsp3) is 0.700. The van der Waals surface area contributed by atoms with Gasteiger partial charge in [-0.15, -0.1) is 0 Å². The van der Waals surface area contributed by atoms with E-state index in [1.54, 1.807) is 4.90 Å². The van der Waals surface area contributed by atoms with Gasteiger partial charge in [-0.1, -0.05) is 6.92 Å². The Bertz CT molecular complexity index is 678. The third-order valence-electron chi connectivity index (χ3n) is 6.34. The van der Waals surface area contributed by atoms with Crippen LogP contribution in [-0.4, -0.2) is 39.8 Å². The Morgan fingerprint density at radius 1 is 1.04 bits per heavy atom. The van der Waals surface area contributed by atoms with E-state index in [4.69, 9.17) is 0 Å². The number of fused-ring (bicyclic) bond motifs is 1. The second-order valence-corrected chi connectivity index (χ2v) is 8.26. The zero-order valence-corrected chi connectivity index (χ0v) is 15.7. The summed E-state index contributed by atoms with van der Waals surface area (Å²) in [4.78, 5) is 10.3. The Morgan fingerprint density at radius 2 is 1.72 bits per heavy atom. The highest BCUT2D eigenvalue weighted by Crippen LogP contribution is 2.32. The minimum Gasteiger partial charge on any atom is -0.333 e. The lowest BCUT2D eigenvalue weighted by molar-refractivity contribution is -0.895. The number of pyridine rings is 1. The second kappa shape index (κ2) is 6.84. The molecule has 0 radical (unpaired) electrons. The Labute approximate surface area is 151 Å². The third kappa shape index (κ3) is 3.08. The molecule has 1 unspecified atom stereocenters.